The van der Waals surface area contributed by atoms with E-state index in [4.69, 9.17) is 4.74 Å². The summed E-state index contributed by atoms with van der Waals surface area (Å²) >= 11 is 0. The average molecular weight is 622 g/mol. The van der Waals surface area contributed by atoms with Crippen molar-refractivity contribution in [3.63, 3.8) is 0 Å². The van der Waals surface area contributed by atoms with Gasteiger partial charge in [0.05, 0.1) is 17.6 Å². The summed E-state index contributed by atoms with van der Waals surface area (Å²) in [5.41, 5.74) is 11.8. The molecule has 5 aliphatic rings. The van der Waals surface area contributed by atoms with Crippen LogP contribution in [0.1, 0.15) is 96.6 Å². The molecule has 0 saturated heterocycles. The van der Waals surface area contributed by atoms with Gasteiger partial charge in [-0.1, -0.05) is 101 Å². The summed E-state index contributed by atoms with van der Waals surface area (Å²) < 4.78 is 10.0. The predicted molar refractivity (Wildman–Crippen MR) is 196 cm³/mol. The number of hydrogen-bond donors (Lipinski definition) is 0. The summed E-state index contributed by atoms with van der Waals surface area (Å²) in [7, 11) is 0. The lowest BCUT2D eigenvalue weighted by atomic mass is 9.69. The number of nitrogens with zero attached hydrogens (tertiary/aromatic N) is 2. The van der Waals surface area contributed by atoms with Crippen molar-refractivity contribution in [1.29, 1.82) is 0 Å². The lowest BCUT2D eigenvalue weighted by Crippen LogP contribution is -2.48. The van der Waals surface area contributed by atoms with Crippen LogP contribution >= 0.6 is 0 Å². The van der Waals surface area contributed by atoms with Gasteiger partial charge < -0.3 is 9.64 Å². The molecule has 3 nitrogen and oxygen atoms in total. The maximum atomic E-state index is 7.30. The molecule has 0 N–H and O–H groups in total. The summed E-state index contributed by atoms with van der Waals surface area (Å²) in [6.07, 6.45) is 13.6. The van der Waals surface area contributed by atoms with Gasteiger partial charge in [-0.15, -0.1) is 0 Å². The predicted octanol–water partition coefficient (Wildman–Crippen LogP) is 10.7. The zero-order valence-electron chi connectivity index (χ0n) is 28.7. The molecule has 0 spiro atoms. The molecule has 5 aliphatic heterocycles. The van der Waals surface area contributed by atoms with Gasteiger partial charge in [0.2, 0.25) is 5.69 Å². The van der Waals surface area contributed by atoms with Crippen molar-refractivity contribution in [2.24, 2.45) is 0 Å². The van der Waals surface area contributed by atoms with Crippen LogP contribution in [0.5, 0.6) is 0 Å². The quantitative estimate of drug-likeness (QED) is 0.151. The molecule has 47 heavy (non-hydrogen) atoms. The number of hydrogen-bond acceptors (Lipinski definition) is 2. The van der Waals surface area contributed by atoms with E-state index in [9.17, 15) is 0 Å². The Balaban J connectivity index is 1.27. The van der Waals surface area contributed by atoms with E-state index in [1.807, 2.05) is 0 Å². The Morgan fingerprint density at radius 1 is 0.745 bits per heavy atom. The van der Waals surface area contributed by atoms with Crippen molar-refractivity contribution < 1.29 is 9.31 Å². The Hall–Kier alpha value is -3.69. The monoisotopic (exact) mass is 621 g/mol. The number of ether oxygens (including phenoxy) is 1. The molecule has 0 amide bonds. The molecule has 0 aromatic heterocycles. The molecular formula is C44H49N2O+. The topological polar surface area (TPSA) is 15.5 Å². The van der Waals surface area contributed by atoms with Crippen molar-refractivity contribution in [1.82, 2.24) is 0 Å². The fourth-order valence-electron chi connectivity index (χ4n) is 10.4. The largest absolute Gasteiger partial charge is 0.365 e. The second-order valence-electron chi connectivity index (χ2n) is 15.3. The summed E-state index contributed by atoms with van der Waals surface area (Å²) in [6.45, 7) is 11.8. The van der Waals surface area contributed by atoms with Gasteiger partial charge in [0.25, 0.3) is 0 Å². The van der Waals surface area contributed by atoms with Crippen molar-refractivity contribution in [2.75, 3.05) is 18.0 Å². The number of allylic oxidation sites excluding steroid dienone is 1. The van der Waals surface area contributed by atoms with Crippen molar-refractivity contribution >= 4 is 38.6 Å². The highest BCUT2D eigenvalue weighted by molar-refractivity contribution is 6.12. The third-order valence-electron chi connectivity index (χ3n) is 12.5. The van der Waals surface area contributed by atoms with Crippen LogP contribution in [-0.2, 0) is 15.6 Å². The zero-order valence-corrected chi connectivity index (χ0v) is 28.7. The molecule has 0 bridgehead atoms. The second kappa shape index (κ2) is 10.9. The number of unbranched alkanes of at least 4 members (excludes halogenated alkanes) is 3. The lowest BCUT2D eigenvalue weighted by Gasteiger charge is -2.43. The average Bonchev–Trinajstić information content (AvgIpc) is 3.52. The van der Waals surface area contributed by atoms with E-state index in [1.165, 1.54) is 99.6 Å². The first-order valence-electron chi connectivity index (χ1n) is 18.6. The van der Waals surface area contributed by atoms with Crippen LogP contribution in [0.25, 0.3) is 21.5 Å². The van der Waals surface area contributed by atoms with E-state index in [2.05, 4.69) is 116 Å². The summed E-state index contributed by atoms with van der Waals surface area (Å²) in [4.78, 5) is 2.70. The van der Waals surface area contributed by atoms with E-state index in [-0.39, 0.29) is 23.0 Å². The van der Waals surface area contributed by atoms with Gasteiger partial charge in [0.1, 0.15) is 0 Å². The molecule has 0 radical (unpaired) electrons. The van der Waals surface area contributed by atoms with Crippen LogP contribution in [0.4, 0.5) is 11.4 Å². The van der Waals surface area contributed by atoms with Crippen LogP contribution in [0.15, 0.2) is 95.7 Å². The molecule has 5 heterocycles. The Morgan fingerprint density at radius 2 is 1.45 bits per heavy atom. The highest BCUT2D eigenvalue weighted by Crippen LogP contribution is 2.58. The van der Waals surface area contributed by atoms with E-state index in [0.29, 0.717) is 0 Å². The minimum absolute atomic E-state index is 0.0496. The molecule has 4 aromatic carbocycles. The molecular weight excluding hydrogens is 572 g/mol. The van der Waals surface area contributed by atoms with Gasteiger partial charge in [-0.25, -0.2) is 0 Å². The Kier molecular flexibility index (Phi) is 6.84. The van der Waals surface area contributed by atoms with Crippen LogP contribution in [0.2, 0.25) is 0 Å². The van der Waals surface area contributed by atoms with Gasteiger partial charge >= 0.3 is 0 Å². The number of rotatable bonds is 7. The number of benzene rings is 4. The third-order valence-corrected chi connectivity index (χ3v) is 12.5. The first-order valence-corrected chi connectivity index (χ1v) is 18.6. The smallest absolute Gasteiger partial charge is 0.210 e. The number of fused-ring (bicyclic) bond motifs is 12. The normalized spacial score (nSPS) is 27.4. The number of anilines is 1. The summed E-state index contributed by atoms with van der Waals surface area (Å²) in [5.74, 6) is 0. The maximum absolute atomic E-state index is 7.30. The van der Waals surface area contributed by atoms with E-state index >= 15 is 0 Å². The minimum atomic E-state index is -0.0498. The third kappa shape index (κ3) is 4.11. The molecule has 4 aromatic rings. The van der Waals surface area contributed by atoms with Crippen LogP contribution < -0.4 is 4.90 Å². The van der Waals surface area contributed by atoms with E-state index < -0.39 is 0 Å². The van der Waals surface area contributed by atoms with Crippen molar-refractivity contribution in [3.8, 4) is 0 Å². The molecule has 0 saturated carbocycles. The van der Waals surface area contributed by atoms with Gasteiger partial charge in [-0.2, -0.15) is 4.58 Å². The maximum Gasteiger partial charge on any atom is 0.210 e. The fraction of sp³-hybridized carbons (Fsp3) is 0.432. The van der Waals surface area contributed by atoms with Gasteiger partial charge in [0, 0.05) is 52.5 Å². The zero-order chi connectivity index (χ0) is 31.9. The molecule has 0 aliphatic carbocycles. The molecule has 9 rings (SSSR count). The van der Waals surface area contributed by atoms with E-state index in [0.717, 1.165) is 32.4 Å². The van der Waals surface area contributed by atoms with Crippen molar-refractivity contribution in [2.45, 2.75) is 109 Å². The molecule has 4 unspecified atom stereocenters. The van der Waals surface area contributed by atoms with Gasteiger partial charge in [0.15, 0.2) is 12.3 Å². The summed E-state index contributed by atoms with van der Waals surface area (Å²) in [5, 5.41) is 5.56. The SMILES string of the molecule is CCCCCC1(C)C2=[N+](CCC3OC4CCN5C(=C4C=C23)C(C)(CCCC)c2c5ccc3ccccc23)c2ccc3ccccc3c21. The van der Waals surface area contributed by atoms with Crippen LogP contribution in [-0.4, -0.2) is 35.6 Å². The summed E-state index contributed by atoms with van der Waals surface area (Å²) in [6, 6.07) is 27.7. The highest BCUT2D eigenvalue weighted by atomic mass is 16.5. The molecule has 0 fully saturated rings. The molecule has 240 valence electrons. The molecule has 4 atom stereocenters. The Morgan fingerprint density at radius 3 is 2.21 bits per heavy atom. The molecule has 3 heteroatoms. The highest BCUT2D eigenvalue weighted by Gasteiger charge is 2.56. The Bertz CT molecular complexity index is 2030. The van der Waals surface area contributed by atoms with Crippen LogP contribution in [0, 0.1) is 0 Å². The van der Waals surface area contributed by atoms with E-state index in [1.54, 1.807) is 5.56 Å². The minimum Gasteiger partial charge on any atom is -0.365 e. The fourth-order valence-corrected chi connectivity index (χ4v) is 10.4. The lowest BCUT2D eigenvalue weighted by molar-refractivity contribution is -0.445. The first kappa shape index (κ1) is 29.4. The van der Waals surface area contributed by atoms with Crippen molar-refractivity contribution in [3.05, 3.63) is 107 Å². The standard InChI is InChI=1S/C44H49N2O/c1-5-7-13-25-44(4)40-32-17-12-10-15-30(32)19-21-36(40)46-27-23-38-34(42(44)46)28-33-37(47-38)22-26-45-35-20-18-29-14-9-11-16-31(29)39(35)43(3,41(33)45)24-8-6-2/h9-12,14-21,28,37-38H,5-8,13,22-27H2,1-4H3/q+1. The Labute approximate surface area is 280 Å². The van der Waals surface area contributed by atoms with Gasteiger partial charge in [-0.3, -0.25) is 0 Å². The second-order valence-corrected chi connectivity index (χ2v) is 15.3. The first-order chi connectivity index (χ1) is 23.0. The van der Waals surface area contributed by atoms with Gasteiger partial charge in [-0.05, 0) is 78.4 Å². The van der Waals surface area contributed by atoms with Crippen LogP contribution in [0.3, 0.4) is 0 Å².